The van der Waals surface area contributed by atoms with Crippen LogP contribution in [0.15, 0.2) is 12.3 Å². The highest BCUT2D eigenvalue weighted by Crippen LogP contribution is 2.19. The van der Waals surface area contributed by atoms with Gasteiger partial charge in [-0.1, -0.05) is 0 Å². The fourth-order valence-corrected chi connectivity index (χ4v) is 1.77. The molecular weight excluding hydrogens is 249 g/mol. The van der Waals surface area contributed by atoms with Gasteiger partial charge in [0, 0.05) is 52.2 Å². The largest absolute Gasteiger partial charge is 0.385 e. The van der Waals surface area contributed by atoms with Crippen LogP contribution in [0.3, 0.4) is 0 Å². The first kappa shape index (κ1) is 15.8. The second-order valence-electron chi connectivity index (χ2n) is 4.14. The Bertz CT molecular complexity index is 377. The van der Waals surface area contributed by atoms with Crippen molar-refractivity contribution in [1.29, 1.82) is 0 Å². The van der Waals surface area contributed by atoms with Crippen LogP contribution in [0.5, 0.6) is 0 Å². The molecule has 108 valence electrons. The monoisotopic (exact) mass is 271 g/mol. The molecule has 0 saturated heterocycles. The molecule has 0 amide bonds. The van der Waals surface area contributed by atoms with E-state index < -0.39 is 0 Å². The Morgan fingerprint density at radius 3 is 2.63 bits per heavy atom. The fourth-order valence-electron chi connectivity index (χ4n) is 1.77. The molecule has 0 spiro atoms. The van der Waals surface area contributed by atoms with Gasteiger partial charge in [-0.25, -0.2) is 9.37 Å². The number of methoxy groups -OCH3 is 2. The second kappa shape index (κ2) is 8.79. The Morgan fingerprint density at radius 2 is 2.00 bits per heavy atom. The maximum absolute atomic E-state index is 14.2. The molecule has 0 unspecified atom stereocenters. The molecule has 5 nitrogen and oxygen atoms in total. The second-order valence-corrected chi connectivity index (χ2v) is 4.14. The lowest BCUT2D eigenvalue weighted by molar-refractivity contribution is 0.190. The molecule has 0 radical (unpaired) electrons. The third-order valence-electron chi connectivity index (χ3n) is 2.81. The van der Waals surface area contributed by atoms with Crippen LogP contribution in [0, 0.1) is 5.82 Å². The topological polar surface area (TPSA) is 60.6 Å². The molecule has 0 atom stereocenters. The summed E-state index contributed by atoms with van der Waals surface area (Å²) in [5.41, 5.74) is 5.98. The molecule has 6 heteroatoms. The minimum Gasteiger partial charge on any atom is -0.385 e. The van der Waals surface area contributed by atoms with Crippen LogP contribution in [0.25, 0.3) is 0 Å². The van der Waals surface area contributed by atoms with Gasteiger partial charge >= 0.3 is 0 Å². The quantitative estimate of drug-likeness (QED) is 0.683. The van der Waals surface area contributed by atoms with Crippen LogP contribution >= 0.6 is 0 Å². The highest BCUT2D eigenvalue weighted by atomic mass is 19.1. The van der Waals surface area contributed by atoms with Crippen molar-refractivity contribution >= 4 is 5.82 Å². The smallest absolute Gasteiger partial charge is 0.170 e. The van der Waals surface area contributed by atoms with Gasteiger partial charge in [0.15, 0.2) is 11.6 Å². The molecule has 1 rings (SSSR count). The van der Waals surface area contributed by atoms with Crippen molar-refractivity contribution in [2.45, 2.75) is 13.0 Å². The summed E-state index contributed by atoms with van der Waals surface area (Å²) in [6.07, 6.45) is 2.38. The van der Waals surface area contributed by atoms with E-state index in [-0.39, 0.29) is 12.4 Å². The van der Waals surface area contributed by atoms with Crippen LogP contribution in [-0.2, 0) is 16.0 Å². The minimum absolute atomic E-state index is 0.164. The van der Waals surface area contributed by atoms with E-state index in [1.165, 1.54) is 0 Å². The standard InChI is InChI=1S/C13H22FN3O2/c1-18-8-3-6-17(7-9-19-2)13-12(14)11(10-15)4-5-16-13/h4-5H,3,6-10,15H2,1-2H3. The Hall–Kier alpha value is -1.24. The molecule has 0 bridgehead atoms. The summed E-state index contributed by atoms with van der Waals surface area (Å²) in [4.78, 5) is 5.98. The van der Waals surface area contributed by atoms with Gasteiger partial charge in [0.1, 0.15) is 0 Å². The van der Waals surface area contributed by atoms with Crippen molar-refractivity contribution in [2.75, 3.05) is 45.4 Å². The summed E-state index contributed by atoms with van der Waals surface area (Å²) in [6, 6.07) is 1.60. The first-order chi connectivity index (χ1) is 9.24. The lowest BCUT2D eigenvalue weighted by Gasteiger charge is -2.24. The Kier molecular flexibility index (Phi) is 7.32. The predicted molar refractivity (Wildman–Crippen MR) is 72.7 cm³/mol. The van der Waals surface area contributed by atoms with E-state index in [4.69, 9.17) is 15.2 Å². The van der Waals surface area contributed by atoms with Crippen LogP contribution < -0.4 is 10.6 Å². The van der Waals surface area contributed by atoms with Crippen molar-refractivity contribution < 1.29 is 13.9 Å². The average molecular weight is 271 g/mol. The zero-order valence-electron chi connectivity index (χ0n) is 11.6. The maximum atomic E-state index is 14.2. The van der Waals surface area contributed by atoms with Gasteiger partial charge in [-0.2, -0.15) is 0 Å². The molecule has 0 aliphatic carbocycles. The summed E-state index contributed by atoms with van der Waals surface area (Å²) in [6.45, 7) is 2.55. The molecule has 0 aliphatic rings. The SMILES string of the molecule is COCCCN(CCOC)c1nccc(CN)c1F. The first-order valence-corrected chi connectivity index (χ1v) is 6.30. The number of pyridine rings is 1. The zero-order chi connectivity index (χ0) is 14.1. The van der Waals surface area contributed by atoms with E-state index in [1.54, 1.807) is 26.5 Å². The molecule has 19 heavy (non-hydrogen) atoms. The van der Waals surface area contributed by atoms with Gasteiger partial charge in [0.05, 0.1) is 6.61 Å². The van der Waals surface area contributed by atoms with Crippen LogP contribution in [0.2, 0.25) is 0 Å². The number of hydrogen-bond donors (Lipinski definition) is 1. The Labute approximate surface area is 113 Å². The molecule has 1 heterocycles. The van der Waals surface area contributed by atoms with E-state index >= 15 is 0 Å². The van der Waals surface area contributed by atoms with E-state index in [0.29, 0.717) is 37.7 Å². The molecule has 1 aromatic rings. The lowest BCUT2D eigenvalue weighted by Crippen LogP contribution is -2.31. The zero-order valence-corrected chi connectivity index (χ0v) is 11.6. The molecular formula is C13H22FN3O2. The van der Waals surface area contributed by atoms with E-state index in [1.807, 2.05) is 4.90 Å². The predicted octanol–water partition coefficient (Wildman–Crippen LogP) is 1.17. The summed E-state index contributed by atoms with van der Waals surface area (Å²) in [5.74, 6) is -0.0189. The third-order valence-corrected chi connectivity index (χ3v) is 2.81. The first-order valence-electron chi connectivity index (χ1n) is 6.30. The number of ether oxygens (including phenoxy) is 2. The Balaban J connectivity index is 2.82. The summed E-state index contributed by atoms with van der Waals surface area (Å²) in [5, 5.41) is 0. The lowest BCUT2D eigenvalue weighted by atomic mass is 10.2. The van der Waals surface area contributed by atoms with Crippen LogP contribution in [0.1, 0.15) is 12.0 Å². The van der Waals surface area contributed by atoms with Crippen molar-refractivity contribution in [3.8, 4) is 0 Å². The number of hydrogen-bond acceptors (Lipinski definition) is 5. The summed E-state index contributed by atoms with van der Waals surface area (Å²) in [7, 11) is 3.26. The van der Waals surface area contributed by atoms with Crippen LogP contribution in [0.4, 0.5) is 10.2 Å². The number of rotatable bonds is 9. The number of aromatic nitrogens is 1. The molecule has 0 aliphatic heterocycles. The number of nitrogens with zero attached hydrogens (tertiary/aromatic N) is 2. The Morgan fingerprint density at radius 1 is 1.26 bits per heavy atom. The number of halogens is 1. The van der Waals surface area contributed by atoms with Crippen molar-refractivity contribution in [3.05, 3.63) is 23.6 Å². The summed E-state index contributed by atoms with van der Waals surface area (Å²) < 4.78 is 24.3. The van der Waals surface area contributed by atoms with Crippen molar-refractivity contribution in [1.82, 2.24) is 4.98 Å². The fraction of sp³-hybridized carbons (Fsp3) is 0.615. The van der Waals surface area contributed by atoms with Gasteiger partial charge in [0.2, 0.25) is 0 Å². The minimum atomic E-state index is -0.349. The van der Waals surface area contributed by atoms with E-state index in [9.17, 15) is 4.39 Å². The highest BCUT2D eigenvalue weighted by molar-refractivity contribution is 5.43. The van der Waals surface area contributed by atoms with E-state index in [2.05, 4.69) is 4.98 Å². The summed E-state index contributed by atoms with van der Waals surface area (Å²) >= 11 is 0. The third kappa shape index (κ3) is 4.74. The van der Waals surface area contributed by atoms with Crippen LogP contribution in [-0.4, -0.2) is 45.5 Å². The molecule has 0 saturated carbocycles. The van der Waals surface area contributed by atoms with Crippen molar-refractivity contribution in [3.63, 3.8) is 0 Å². The average Bonchev–Trinajstić information content (AvgIpc) is 2.43. The van der Waals surface area contributed by atoms with Gasteiger partial charge in [-0.15, -0.1) is 0 Å². The van der Waals surface area contributed by atoms with Crippen molar-refractivity contribution in [2.24, 2.45) is 5.73 Å². The molecule has 1 aromatic heterocycles. The van der Waals surface area contributed by atoms with E-state index in [0.717, 1.165) is 6.42 Å². The highest BCUT2D eigenvalue weighted by Gasteiger charge is 2.15. The molecule has 0 aromatic carbocycles. The number of anilines is 1. The van der Waals surface area contributed by atoms with Gasteiger partial charge < -0.3 is 20.1 Å². The van der Waals surface area contributed by atoms with Gasteiger partial charge in [0.25, 0.3) is 0 Å². The molecule has 0 fully saturated rings. The molecule has 2 N–H and O–H groups in total. The van der Waals surface area contributed by atoms with Gasteiger partial charge in [-0.05, 0) is 12.5 Å². The maximum Gasteiger partial charge on any atom is 0.170 e. The normalized spacial score (nSPS) is 10.7. The van der Waals surface area contributed by atoms with Gasteiger partial charge in [-0.3, -0.25) is 0 Å². The number of nitrogens with two attached hydrogens (primary N) is 1.